The first-order chi connectivity index (χ1) is 12.5. The topological polar surface area (TPSA) is 24.8 Å². The number of halogens is 1. The molecule has 2 heterocycles. The summed E-state index contributed by atoms with van der Waals surface area (Å²) >= 11 is 6.26. The highest BCUT2D eigenvalue weighted by molar-refractivity contribution is 6.30. The average Bonchev–Trinajstić information content (AvgIpc) is 3.09. The van der Waals surface area contributed by atoms with E-state index in [1.807, 2.05) is 18.2 Å². The zero-order chi connectivity index (χ0) is 17.9. The SMILES string of the molecule is CC1(C)Oc2ccc(Cl)cc2[C@@H]2CC(c3cccc4ccccc34)=NN21. The first kappa shape index (κ1) is 15.7. The molecule has 26 heavy (non-hydrogen) atoms. The normalized spacial score (nSPS) is 20.3. The van der Waals surface area contributed by atoms with Crippen molar-refractivity contribution >= 4 is 28.1 Å². The fourth-order valence-electron chi connectivity index (χ4n) is 4.08. The summed E-state index contributed by atoms with van der Waals surface area (Å²) in [5.41, 5.74) is 2.89. The number of benzene rings is 3. The van der Waals surface area contributed by atoms with Crippen LogP contribution in [0, 0.1) is 0 Å². The van der Waals surface area contributed by atoms with Gasteiger partial charge in [-0.1, -0.05) is 54.1 Å². The lowest BCUT2D eigenvalue weighted by molar-refractivity contribution is -0.0911. The monoisotopic (exact) mass is 362 g/mol. The van der Waals surface area contributed by atoms with Crippen LogP contribution in [0.2, 0.25) is 5.02 Å². The Hall–Kier alpha value is -2.52. The van der Waals surface area contributed by atoms with Gasteiger partial charge in [0, 0.05) is 22.6 Å². The molecule has 130 valence electrons. The number of hydrazone groups is 1. The van der Waals surface area contributed by atoms with Crippen molar-refractivity contribution in [3.8, 4) is 5.75 Å². The first-order valence-corrected chi connectivity index (χ1v) is 9.24. The molecule has 0 radical (unpaired) electrons. The molecule has 4 heteroatoms. The van der Waals surface area contributed by atoms with Gasteiger partial charge in [-0.15, -0.1) is 0 Å². The van der Waals surface area contributed by atoms with Crippen molar-refractivity contribution in [1.29, 1.82) is 0 Å². The predicted octanol–water partition coefficient (Wildman–Crippen LogP) is 5.77. The number of fused-ring (bicyclic) bond motifs is 4. The van der Waals surface area contributed by atoms with E-state index in [1.54, 1.807) is 0 Å². The predicted molar refractivity (Wildman–Crippen MR) is 106 cm³/mol. The van der Waals surface area contributed by atoms with E-state index in [0.717, 1.165) is 28.5 Å². The van der Waals surface area contributed by atoms with Crippen LogP contribution in [0.1, 0.15) is 37.4 Å². The van der Waals surface area contributed by atoms with Crippen LogP contribution in [0.25, 0.3) is 10.8 Å². The zero-order valence-corrected chi connectivity index (χ0v) is 15.5. The Morgan fingerprint density at radius 3 is 2.77 bits per heavy atom. The third-order valence-electron chi connectivity index (χ3n) is 5.25. The summed E-state index contributed by atoms with van der Waals surface area (Å²) in [6.07, 6.45) is 0.841. The second-order valence-electron chi connectivity index (χ2n) is 7.37. The molecule has 0 bridgehead atoms. The molecule has 0 aromatic heterocycles. The number of hydrogen-bond acceptors (Lipinski definition) is 3. The highest BCUT2D eigenvalue weighted by Crippen LogP contribution is 2.47. The minimum atomic E-state index is -0.502. The molecule has 0 spiro atoms. The minimum absolute atomic E-state index is 0.140. The van der Waals surface area contributed by atoms with E-state index in [-0.39, 0.29) is 6.04 Å². The molecule has 2 aliphatic rings. The van der Waals surface area contributed by atoms with Crippen LogP contribution < -0.4 is 4.74 Å². The van der Waals surface area contributed by atoms with E-state index in [0.29, 0.717) is 0 Å². The van der Waals surface area contributed by atoms with Gasteiger partial charge in [0.1, 0.15) is 5.75 Å². The molecule has 0 aliphatic carbocycles. The molecule has 1 atom stereocenters. The van der Waals surface area contributed by atoms with Crippen LogP contribution >= 0.6 is 11.6 Å². The maximum atomic E-state index is 6.26. The van der Waals surface area contributed by atoms with Gasteiger partial charge in [-0.3, -0.25) is 0 Å². The first-order valence-electron chi connectivity index (χ1n) is 8.86. The summed E-state index contributed by atoms with van der Waals surface area (Å²) in [7, 11) is 0. The summed E-state index contributed by atoms with van der Waals surface area (Å²) in [6.45, 7) is 4.13. The minimum Gasteiger partial charge on any atom is -0.467 e. The smallest absolute Gasteiger partial charge is 0.192 e. The van der Waals surface area contributed by atoms with Crippen molar-refractivity contribution in [2.45, 2.75) is 32.0 Å². The largest absolute Gasteiger partial charge is 0.467 e. The molecule has 2 aliphatic heterocycles. The van der Waals surface area contributed by atoms with E-state index in [9.17, 15) is 0 Å². The van der Waals surface area contributed by atoms with Crippen molar-refractivity contribution in [3.63, 3.8) is 0 Å². The summed E-state index contributed by atoms with van der Waals surface area (Å²) < 4.78 is 6.22. The molecular weight excluding hydrogens is 344 g/mol. The molecule has 0 fully saturated rings. The highest BCUT2D eigenvalue weighted by Gasteiger charge is 2.45. The second-order valence-corrected chi connectivity index (χ2v) is 7.81. The maximum Gasteiger partial charge on any atom is 0.192 e. The van der Waals surface area contributed by atoms with Gasteiger partial charge >= 0.3 is 0 Å². The zero-order valence-electron chi connectivity index (χ0n) is 14.7. The lowest BCUT2D eigenvalue weighted by Gasteiger charge is -2.43. The lowest BCUT2D eigenvalue weighted by atomic mass is 9.93. The fraction of sp³-hybridized carbons (Fsp3) is 0.227. The Labute approximate surface area is 157 Å². The van der Waals surface area contributed by atoms with Gasteiger partial charge in [0.15, 0.2) is 5.72 Å². The van der Waals surface area contributed by atoms with Gasteiger partial charge in [0.05, 0.1) is 11.8 Å². The van der Waals surface area contributed by atoms with Crippen LogP contribution in [-0.2, 0) is 0 Å². The molecule has 5 rings (SSSR count). The van der Waals surface area contributed by atoms with Gasteiger partial charge in [0.2, 0.25) is 0 Å². The molecular formula is C22H19ClN2O. The van der Waals surface area contributed by atoms with E-state index in [2.05, 4.69) is 61.3 Å². The molecule has 0 saturated carbocycles. The molecule has 3 aromatic rings. The van der Waals surface area contributed by atoms with Crippen LogP contribution in [0.5, 0.6) is 5.75 Å². The van der Waals surface area contributed by atoms with Gasteiger partial charge in [-0.25, -0.2) is 5.01 Å². The summed E-state index contributed by atoms with van der Waals surface area (Å²) in [5.74, 6) is 0.898. The van der Waals surface area contributed by atoms with E-state index in [1.165, 1.54) is 16.3 Å². The molecule has 0 unspecified atom stereocenters. The Balaban J connectivity index is 1.64. The van der Waals surface area contributed by atoms with Crippen LogP contribution in [0.15, 0.2) is 65.8 Å². The van der Waals surface area contributed by atoms with Crippen LogP contribution in [0.4, 0.5) is 0 Å². The summed E-state index contributed by atoms with van der Waals surface area (Å²) in [4.78, 5) is 0. The van der Waals surface area contributed by atoms with E-state index >= 15 is 0 Å². The third-order valence-corrected chi connectivity index (χ3v) is 5.49. The fourth-order valence-corrected chi connectivity index (χ4v) is 4.26. The van der Waals surface area contributed by atoms with Crippen LogP contribution in [0.3, 0.4) is 0 Å². The van der Waals surface area contributed by atoms with Gasteiger partial charge in [-0.05, 0) is 42.8 Å². The Morgan fingerprint density at radius 1 is 1.08 bits per heavy atom. The molecule has 0 saturated heterocycles. The van der Waals surface area contributed by atoms with Crippen molar-refractivity contribution in [2.75, 3.05) is 0 Å². The Kier molecular flexibility index (Phi) is 3.32. The summed E-state index contributed by atoms with van der Waals surface area (Å²) in [5, 5.41) is 10.3. The van der Waals surface area contributed by atoms with Crippen molar-refractivity contribution in [1.82, 2.24) is 5.01 Å². The molecule has 0 N–H and O–H groups in total. The van der Waals surface area contributed by atoms with Gasteiger partial charge < -0.3 is 4.74 Å². The highest BCUT2D eigenvalue weighted by atomic mass is 35.5. The molecule has 3 aromatic carbocycles. The van der Waals surface area contributed by atoms with Crippen molar-refractivity contribution in [3.05, 3.63) is 76.8 Å². The van der Waals surface area contributed by atoms with Crippen molar-refractivity contribution in [2.24, 2.45) is 5.10 Å². The third kappa shape index (κ3) is 2.31. The van der Waals surface area contributed by atoms with Gasteiger partial charge in [0.25, 0.3) is 0 Å². The molecule has 3 nitrogen and oxygen atoms in total. The van der Waals surface area contributed by atoms with E-state index < -0.39 is 5.72 Å². The number of rotatable bonds is 1. The van der Waals surface area contributed by atoms with Crippen molar-refractivity contribution < 1.29 is 4.74 Å². The Morgan fingerprint density at radius 2 is 1.88 bits per heavy atom. The second kappa shape index (κ2) is 5.49. The lowest BCUT2D eigenvalue weighted by Crippen LogP contribution is -2.48. The van der Waals surface area contributed by atoms with E-state index in [4.69, 9.17) is 21.4 Å². The summed E-state index contributed by atoms with van der Waals surface area (Å²) in [6, 6.07) is 20.9. The average molecular weight is 363 g/mol. The number of ether oxygens (including phenoxy) is 1. The quantitative estimate of drug-likeness (QED) is 0.548. The maximum absolute atomic E-state index is 6.26. The number of nitrogens with zero attached hydrogens (tertiary/aromatic N) is 2. The van der Waals surface area contributed by atoms with Crippen LogP contribution in [-0.4, -0.2) is 16.4 Å². The Bertz CT molecular complexity index is 1050. The van der Waals surface area contributed by atoms with Gasteiger partial charge in [-0.2, -0.15) is 5.10 Å². The molecule has 0 amide bonds. The number of hydrogen-bond donors (Lipinski definition) is 0. The standard InChI is InChI=1S/C22H19ClN2O/c1-22(2)25-20(18-12-15(23)10-11-21(18)26-22)13-19(24-25)17-9-5-7-14-6-3-4-8-16(14)17/h3-12,20H,13H2,1-2H3/t20-/m0/s1.